The smallest absolute Gasteiger partial charge is 0.472 e. The molecule has 0 spiro atoms. The Labute approximate surface area is 391 Å². The molecule has 0 aliphatic rings. The Hall–Kier alpha value is -2.30. The van der Waals surface area contributed by atoms with Gasteiger partial charge in [-0.25, -0.2) is 4.57 Å². The summed E-state index contributed by atoms with van der Waals surface area (Å²) in [6, 6.07) is -1.53. The molecule has 0 aliphatic carbocycles. The summed E-state index contributed by atoms with van der Waals surface area (Å²) in [6.07, 6.45) is 53.7. The number of phosphoric ester groups is 1. The molecule has 1 unspecified atom stereocenters. The number of hydrogen-bond donors (Lipinski definition) is 3. The zero-order valence-electron chi connectivity index (χ0n) is 40.9. The minimum Gasteiger partial charge on any atom is -0.480 e. The van der Waals surface area contributed by atoms with Crippen molar-refractivity contribution in [2.24, 2.45) is 5.73 Å². The zero-order chi connectivity index (χ0) is 47.0. The second-order valence-electron chi connectivity index (χ2n) is 17.7. The fraction of sp³-hybridized carbons (Fsp3) is 0.827. The summed E-state index contributed by atoms with van der Waals surface area (Å²) in [5.41, 5.74) is 5.35. The molecular formula is C52H96NO10P. The van der Waals surface area contributed by atoms with Crippen LogP contribution in [0.3, 0.4) is 0 Å². The van der Waals surface area contributed by atoms with Crippen molar-refractivity contribution in [3.63, 3.8) is 0 Å². The molecule has 0 saturated carbocycles. The number of phosphoric acid groups is 1. The average Bonchev–Trinajstić information content (AvgIpc) is 3.27. The molecule has 0 aromatic rings. The number of nitrogens with two attached hydrogens (primary N) is 1. The van der Waals surface area contributed by atoms with Gasteiger partial charge in [0.2, 0.25) is 0 Å². The molecule has 0 aromatic carbocycles. The summed E-state index contributed by atoms with van der Waals surface area (Å²) < 4.78 is 32.8. The number of unbranched alkanes of at least 4 members (excludes halogenated alkanes) is 29. The molecule has 0 saturated heterocycles. The monoisotopic (exact) mass is 926 g/mol. The molecule has 64 heavy (non-hydrogen) atoms. The lowest BCUT2D eigenvalue weighted by atomic mass is 10.0. The first-order valence-electron chi connectivity index (χ1n) is 26.0. The molecule has 0 aliphatic heterocycles. The van der Waals surface area contributed by atoms with E-state index in [0.717, 1.165) is 38.5 Å². The molecule has 0 aromatic heterocycles. The van der Waals surface area contributed by atoms with Crippen LogP contribution in [0.4, 0.5) is 0 Å². The van der Waals surface area contributed by atoms with Crippen molar-refractivity contribution in [3.05, 3.63) is 36.5 Å². The Bertz CT molecular complexity index is 1220. The van der Waals surface area contributed by atoms with Crippen LogP contribution in [0, 0.1) is 0 Å². The van der Waals surface area contributed by atoms with Crippen LogP contribution < -0.4 is 5.73 Å². The van der Waals surface area contributed by atoms with Gasteiger partial charge in [0.25, 0.3) is 0 Å². The van der Waals surface area contributed by atoms with E-state index >= 15 is 0 Å². The zero-order valence-corrected chi connectivity index (χ0v) is 41.8. The van der Waals surface area contributed by atoms with Gasteiger partial charge in [-0.3, -0.25) is 23.4 Å². The van der Waals surface area contributed by atoms with Crippen LogP contribution in [0.15, 0.2) is 36.5 Å². The van der Waals surface area contributed by atoms with E-state index < -0.39 is 51.1 Å². The lowest BCUT2D eigenvalue weighted by Gasteiger charge is -2.20. The van der Waals surface area contributed by atoms with Crippen LogP contribution in [0.5, 0.6) is 0 Å². The van der Waals surface area contributed by atoms with Gasteiger partial charge in [-0.1, -0.05) is 224 Å². The molecular weight excluding hydrogens is 830 g/mol. The molecule has 11 nitrogen and oxygen atoms in total. The molecule has 12 heteroatoms. The van der Waals surface area contributed by atoms with Crippen molar-refractivity contribution in [3.8, 4) is 0 Å². The largest absolute Gasteiger partial charge is 0.480 e. The summed E-state index contributed by atoms with van der Waals surface area (Å²) >= 11 is 0. The maximum atomic E-state index is 12.7. The van der Waals surface area contributed by atoms with E-state index in [1.807, 2.05) is 6.08 Å². The minimum absolute atomic E-state index is 0.152. The Morgan fingerprint density at radius 1 is 0.484 bits per heavy atom. The molecule has 4 N–H and O–H groups in total. The van der Waals surface area contributed by atoms with E-state index in [1.165, 1.54) is 161 Å². The highest BCUT2D eigenvalue weighted by Gasteiger charge is 2.28. The Morgan fingerprint density at radius 3 is 1.28 bits per heavy atom. The highest BCUT2D eigenvalue weighted by atomic mass is 31.2. The van der Waals surface area contributed by atoms with Crippen LogP contribution in [-0.2, 0) is 37.5 Å². The normalized spacial score (nSPS) is 13.8. The van der Waals surface area contributed by atoms with Crippen LogP contribution >= 0.6 is 7.82 Å². The molecule has 0 bridgehead atoms. The summed E-state index contributed by atoms with van der Waals surface area (Å²) in [4.78, 5) is 46.1. The Kier molecular flexibility index (Phi) is 45.5. The molecule has 0 heterocycles. The summed E-state index contributed by atoms with van der Waals surface area (Å²) in [6.45, 7) is 2.79. The van der Waals surface area contributed by atoms with Crippen LogP contribution in [0.1, 0.15) is 245 Å². The highest BCUT2D eigenvalue weighted by Crippen LogP contribution is 2.43. The molecule has 0 radical (unpaired) electrons. The third kappa shape index (κ3) is 46.2. The van der Waals surface area contributed by atoms with E-state index in [1.54, 1.807) is 0 Å². The van der Waals surface area contributed by atoms with E-state index in [2.05, 4.69) is 48.8 Å². The molecule has 0 rings (SSSR count). The van der Waals surface area contributed by atoms with Gasteiger partial charge in [-0.15, -0.1) is 0 Å². The van der Waals surface area contributed by atoms with E-state index in [4.69, 9.17) is 24.8 Å². The van der Waals surface area contributed by atoms with Crippen molar-refractivity contribution in [2.45, 2.75) is 257 Å². The first kappa shape index (κ1) is 61.7. The number of esters is 2. The van der Waals surface area contributed by atoms with Crippen molar-refractivity contribution in [2.75, 3.05) is 19.8 Å². The lowest BCUT2D eigenvalue weighted by molar-refractivity contribution is -0.161. The SMILES string of the molecule is CCCCCCCC/C=C/C/C=C/C/C=C/CCCC(=O)OC[C@@H](COP(=O)(O)OC[C@H](N)C(=O)O)OC(=O)CCCCCCCCCCCCCCCCCCCCCCCCC. The van der Waals surface area contributed by atoms with Crippen LogP contribution in [0.2, 0.25) is 0 Å². The van der Waals surface area contributed by atoms with Crippen molar-refractivity contribution >= 4 is 25.7 Å². The summed E-state index contributed by atoms with van der Waals surface area (Å²) in [5, 5.41) is 8.92. The number of aliphatic carboxylic acids is 1. The number of carboxylic acid groups (broad SMARTS) is 1. The topological polar surface area (TPSA) is 172 Å². The number of carbonyl (C=O) groups is 3. The standard InChI is InChI=1S/C52H96NO10P/c1-3-5-7-9-11-13-15-17-19-21-22-23-24-25-26-28-30-32-34-36-38-40-42-44-51(55)63-48(46-61-64(58,59)62-47-49(53)52(56)57)45-60-50(54)43-41-39-37-35-33-31-29-27-20-18-16-14-12-10-8-6-4-2/h18,20,29,31,35,37,48-49H,3-17,19,21-28,30,32-34,36,38-47,53H2,1-2H3,(H,56,57)(H,58,59)/b20-18+,31-29+,37-35+/t48-,49-/m0/s1. The van der Waals surface area contributed by atoms with Crippen molar-refractivity contribution in [1.82, 2.24) is 0 Å². The first-order chi connectivity index (χ1) is 31.1. The van der Waals surface area contributed by atoms with Gasteiger partial charge in [0.1, 0.15) is 12.6 Å². The second-order valence-corrected chi connectivity index (χ2v) is 19.1. The van der Waals surface area contributed by atoms with E-state index in [9.17, 15) is 23.8 Å². The van der Waals surface area contributed by atoms with Gasteiger partial charge < -0.3 is 25.2 Å². The predicted octanol–water partition coefficient (Wildman–Crippen LogP) is 14.7. The minimum atomic E-state index is -4.73. The van der Waals surface area contributed by atoms with Crippen LogP contribution in [0.25, 0.3) is 0 Å². The van der Waals surface area contributed by atoms with Crippen molar-refractivity contribution in [1.29, 1.82) is 0 Å². The van der Waals surface area contributed by atoms with Crippen molar-refractivity contribution < 1.29 is 47.5 Å². The molecule has 374 valence electrons. The highest BCUT2D eigenvalue weighted by molar-refractivity contribution is 7.47. The number of hydrogen-bond acceptors (Lipinski definition) is 9. The maximum Gasteiger partial charge on any atom is 0.472 e. The summed E-state index contributed by atoms with van der Waals surface area (Å²) in [5.74, 6) is -2.43. The van der Waals surface area contributed by atoms with E-state index in [-0.39, 0.29) is 19.4 Å². The fourth-order valence-corrected chi connectivity index (χ4v) is 8.10. The number of rotatable bonds is 49. The van der Waals surface area contributed by atoms with Gasteiger partial charge in [0, 0.05) is 12.8 Å². The van der Waals surface area contributed by atoms with Gasteiger partial charge >= 0.3 is 25.7 Å². The number of ether oxygens (including phenoxy) is 2. The maximum absolute atomic E-state index is 12.7. The first-order valence-corrected chi connectivity index (χ1v) is 27.5. The fourth-order valence-electron chi connectivity index (χ4n) is 7.32. The predicted molar refractivity (Wildman–Crippen MR) is 263 cm³/mol. The van der Waals surface area contributed by atoms with Crippen LogP contribution in [-0.4, -0.2) is 59.9 Å². The Morgan fingerprint density at radius 2 is 0.844 bits per heavy atom. The van der Waals surface area contributed by atoms with Gasteiger partial charge in [0.05, 0.1) is 13.2 Å². The van der Waals surface area contributed by atoms with Gasteiger partial charge in [-0.05, 0) is 44.9 Å². The molecule has 0 amide bonds. The quantitative estimate of drug-likeness (QED) is 0.0229. The molecule has 0 fully saturated rings. The average molecular weight is 926 g/mol. The van der Waals surface area contributed by atoms with Gasteiger partial charge in [0.15, 0.2) is 6.10 Å². The third-order valence-electron chi connectivity index (χ3n) is 11.4. The number of carboxylic acids is 1. The number of carbonyl (C=O) groups excluding carboxylic acids is 2. The van der Waals surface area contributed by atoms with E-state index in [0.29, 0.717) is 19.3 Å². The van der Waals surface area contributed by atoms with Gasteiger partial charge in [-0.2, -0.15) is 0 Å². The molecule has 3 atom stereocenters. The summed E-state index contributed by atoms with van der Waals surface area (Å²) in [7, 11) is -4.73. The number of allylic oxidation sites excluding steroid dienone is 6. The lowest BCUT2D eigenvalue weighted by Crippen LogP contribution is -2.34. The second kappa shape index (κ2) is 47.2. The third-order valence-corrected chi connectivity index (χ3v) is 12.3. The Balaban J connectivity index is 4.25.